The van der Waals surface area contributed by atoms with Crippen molar-refractivity contribution in [1.29, 1.82) is 0 Å². The van der Waals surface area contributed by atoms with Crippen molar-refractivity contribution in [2.75, 3.05) is 44.8 Å². The first kappa shape index (κ1) is 23.1. The van der Waals surface area contributed by atoms with Crippen molar-refractivity contribution >= 4 is 22.4 Å². The predicted octanol–water partition coefficient (Wildman–Crippen LogP) is 4.85. The van der Waals surface area contributed by atoms with Crippen LogP contribution in [0.1, 0.15) is 12.0 Å². The molecule has 0 bridgehead atoms. The molecule has 35 heavy (non-hydrogen) atoms. The highest BCUT2D eigenvalue weighted by atomic mass is 16.5. The van der Waals surface area contributed by atoms with E-state index in [1.54, 1.807) is 6.33 Å². The van der Waals surface area contributed by atoms with Gasteiger partial charge in [-0.2, -0.15) is 0 Å². The number of aromatic nitrogens is 2. The summed E-state index contributed by atoms with van der Waals surface area (Å²) in [6.45, 7) is 5.84. The highest BCUT2D eigenvalue weighted by molar-refractivity contribution is 5.91. The minimum Gasteiger partial charge on any atom is -0.493 e. The molecule has 4 aromatic rings. The Bertz CT molecular complexity index is 1210. The smallest absolute Gasteiger partial charge is 0.141 e. The Kier molecular flexibility index (Phi) is 7.68. The van der Waals surface area contributed by atoms with E-state index < -0.39 is 0 Å². The van der Waals surface area contributed by atoms with Crippen LogP contribution >= 0.6 is 0 Å². The summed E-state index contributed by atoms with van der Waals surface area (Å²) < 4.78 is 17.2. The van der Waals surface area contributed by atoms with Gasteiger partial charge in [0.05, 0.1) is 25.3 Å². The maximum atomic E-state index is 5.92. The summed E-state index contributed by atoms with van der Waals surface area (Å²) in [5.74, 6) is 2.24. The molecule has 0 unspecified atom stereocenters. The maximum Gasteiger partial charge on any atom is 0.141 e. The van der Waals surface area contributed by atoms with Crippen LogP contribution in [-0.4, -0.2) is 54.3 Å². The first-order chi connectivity index (χ1) is 17.3. The standard InChI is InChI=1S/C28H29N4O3/c1-2-5-22(6-3-1)20-35-24-9-7-23(8-10-24)31-28-26-12-11-25(19-27(26)29-21-30-28)34-16-4-13-32-14-17-33-18-15-32/h1-3,5-10,12,19,21H,4,13-18,20H2,(H,29,30,31). The van der Waals surface area contributed by atoms with Gasteiger partial charge in [-0.25, -0.2) is 9.97 Å². The highest BCUT2D eigenvalue weighted by Gasteiger charge is 2.10. The minimum absolute atomic E-state index is 0.539. The van der Waals surface area contributed by atoms with E-state index in [0.29, 0.717) is 19.0 Å². The number of fused-ring (bicyclic) bond motifs is 1. The van der Waals surface area contributed by atoms with Crippen LogP contribution in [-0.2, 0) is 11.3 Å². The van der Waals surface area contributed by atoms with Gasteiger partial charge in [-0.15, -0.1) is 0 Å². The monoisotopic (exact) mass is 469 g/mol. The lowest BCUT2D eigenvalue weighted by Gasteiger charge is -2.26. The topological polar surface area (TPSA) is 68.7 Å². The summed E-state index contributed by atoms with van der Waals surface area (Å²) in [5, 5.41) is 4.26. The zero-order chi connectivity index (χ0) is 23.7. The van der Waals surface area contributed by atoms with E-state index in [1.807, 2.05) is 54.6 Å². The van der Waals surface area contributed by atoms with E-state index in [-0.39, 0.29) is 0 Å². The van der Waals surface area contributed by atoms with E-state index in [4.69, 9.17) is 14.2 Å². The number of benzene rings is 3. The van der Waals surface area contributed by atoms with Crippen LogP contribution in [0, 0.1) is 6.07 Å². The Hall–Kier alpha value is -3.68. The molecule has 1 radical (unpaired) electrons. The summed E-state index contributed by atoms with van der Waals surface area (Å²) in [5.41, 5.74) is 2.87. The zero-order valence-electron chi connectivity index (χ0n) is 19.7. The van der Waals surface area contributed by atoms with Gasteiger partial charge < -0.3 is 19.5 Å². The van der Waals surface area contributed by atoms with Gasteiger partial charge in [-0.1, -0.05) is 30.3 Å². The summed E-state index contributed by atoms with van der Waals surface area (Å²) in [4.78, 5) is 11.3. The van der Waals surface area contributed by atoms with Crippen molar-refractivity contribution in [3.05, 3.63) is 84.7 Å². The molecule has 0 saturated carbocycles. The van der Waals surface area contributed by atoms with E-state index in [9.17, 15) is 0 Å². The number of rotatable bonds is 10. The molecule has 7 heteroatoms. The van der Waals surface area contributed by atoms with Gasteiger partial charge in [0.25, 0.3) is 0 Å². The molecule has 179 valence electrons. The SMILES string of the molecule is [c]1cc2c(Nc3ccc(OCc4ccccc4)cc3)ncnc2cc1OCCCN1CCOCC1. The lowest BCUT2D eigenvalue weighted by molar-refractivity contribution is 0.0358. The lowest BCUT2D eigenvalue weighted by atomic mass is 10.2. The van der Waals surface area contributed by atoms with Crippen molar-refractivity contribution < 1.29 is 14.2 Å². The number of morpholine rings is 1. The van der Waals surface area contributed by atoms with Crippen LogP contribution < -0.4 is 14.8 Å². The van der Waals surface area contributed by atoms with Crippen molar-refractivity contribution in [2.24, 2.45) is 0 Å². The van der Waals surface area contributed by atoms with Gasteiger partial charge in [0.1, 0.15) is 30.3 Å². The molecule has 0 atom stereocenters. The van der Waals surface area contributed by atoms with E-state index in [1.165, 1.54) is 0 Å². The van der Waals surface area contributed by atoms with E-state index in [2.05, 4.69) is 38.4 Å². The van der Waals surface area contributed by atoms with E-state index in [0.717, 1.165) is 73.0 Å². The fraction of sp³-hybridized carbons (Fsp3) is 0.286. The second-order valence-electron chi connectivity index (χ2n) is 8.40. The molecule has 1 aliphatic heterocycles. The summed E-state index contributed by atoms with van der Waals surface area (Å²) >= 11 is 0. The second kappa shape index (κ2) is 11.6. The summed E-state index contributed by atoms with van der Waals surface area (Å²) in [7, 11) is 0. The van der Waals surface area contributed by atoms with E-state index >= 15 is 0 Å². The Morgan fingerprint density at radius 2 is 1.80 bits per heavy atom. The molecule has 7 nitrogen and oxygen atoms in total. The number of nitrogens with one attached hydrogen (secondary N) is 1. The molecule has 3 aromatic carbocycles. The summed E-state index contributed by atoms with van der Waals surface area (Å²) in [6.07, 6.45) is 2.53. The number of hydrogen-bond donors (Lipinski definition) is 1. The van der Waals surface area contributed by atoms with Gasteiger partial charge >= 0.3 is 0 Å². The van der Waals surface area contributed by atoms with Crippen LogP contribution in [0.25, 0.3) is 10.9 Å². The number of hydrogen-bond acceptors (Lipinski definition) is 7. The van der Waals surface area contributed by atoms with Crippen LogP contribution in [0.3, 0.4) is 0 Å². The molecule has 2 heterocycles. The Labute approximate surface area is 205 Å². The molecule has 1 aromatic heterocycles. The highest BCUT2D eigenvalue weighted by Crippen LogP contribution is 2.27. The molecule has 5 rings (SSSR count). The largest absolute Gasteiger partial charge is 0.493 e. The molecule has 0 spiro atoms. The third kappa shape index (κ3) is 6.47. The minimum atomic E-state index is 0.539. The van der Waals surface area contributed by atoms with Crippen molar-refractivity contribution in [3.63, 3.8) is 0 Å². The van der Waals surface area contributed by atoms with Gasteiger partial charge in [0.2, 0.25) is 0 Å². The van der Waals surface area contributed by atoms with Gasteiger partial charge in [0.15, 0.2) is 0 Å². The zero-order valence-corrected chi connectivity index (χ0v) is 19.7. The molecule has 1 saturated heterocycles. The first-order valence-corrected chi connectivity index (χ1v) is 12.0. The maximum absolute atomic E-state index is 5.92. The Morgan fingerprint density at radius 1 is 0.971 bits per heavy atom. The lowest BCUT2D eigenvalue weighted by Crippen LogP contribution is -2.37. The molecule has 1 fully saturated rings. The Balaban J connectivity index is 1.16. The second-order valence-corrected chi connectivity index (χ2v) is 8.40. The fourth-order valence-corrected chi connectivity index (χ4v) is 3.97. The van der Waals surface area contributed by atoms with Crippen LogP contribution in [0.15, 0.2) is 73.1 Å². The Morgan fingerprint density at radius 3 is 2.63 bits per heavy atom. The predicted molar refractivity (Wildman–Crippen MR) is 136 cm³/mol. The number of anilines is 2. The molecule has 1 N–H and O–H groups in total. The van der Waals surface area contributed by atoms with Crippen LogP contribution in [0.5, 0.6) is 11.5 Å². The van der Waals surface area contributed by atoms with Crippen molar-refractivity contribution in [1.82, 2.24) is 14.9 Å². The number of nitrogens with zero attached hydrogens (tertiary/aromatic N) is 3. The molecular weight excluding hydrogens is 440 g/mol. The van der Waals surface area contributed by atoms with Gasteiger partial charge in [-0.05, 0) is 42.3 Å². The quantitative estimate of drug-likeness (QED) is 0.333. The average Bonchev–Trinajstić information content (AvgIpc) is 2.92. The molecular formula is C28H29N4O3. The average molecular weight is 470 g/mol. The molecule has 0 aliphatic carbocycles. The first-order valence-electron chi connectivity index (χ1n) is 12.0. The third-order valence-corrected chi connectivity index (χ3v) is 5.89. The molecule has 1 aliphatic rings. The van der Waals surface area contributed by atoms with Crippen molar-refractivity contribution in [2.45, 2.75) is 13.0 Å². The molecule has 0 amide bonds. The van der Waals surface area contributed by atoms with Gasteiger partial charge in [0, 0.05) is 42.8 Å². The van der Waals surface area contributed by atoms with Crippen molar-refractivity contribution in [3.8, 4) is 11.5 Å². The summed E-state index contributed by atoms with van der Waals surface area (Å²) in [6, 6.07) is 25.0. The number of ether oxygens (including phenoxy) is 3. The normalized spacial score (nSPS) is 14.1. The fourth-order valence-electron chi connectivity index (χ4n) is 3.97. The third-order valence-electron chi connectivity index (χ3n) is 5.89. The van der Waals surface area contributed by atoms with Gasteiger partial charge in [-0.3, -0.25) is 4.90 Å². The van der Waals surface area contributed by atoms with Crippen LogP contribution in [0.2, 0.25) is 0 Å². The van der Waals surface area contributed by atoms with Crippen LogP contribution in [0.4, 0.5) is 11.5 Å².